The summed E-state index contributed by atoms with van der Waals surface area (Å²) in [4.78, 5) is 3.88. The van der Waals surface area contributed by atoms with Crippen LogP contribution in [-0.4, -0.2) is 43.8 Å². The fourth-order valence-electron chi connectivity index (χ4n) is 2.30. The number of aliphatic hydroxyl groups is 2. The largest absolute Gasteiger partial charge is 0.408 e. The van der Waals surface area contributed by atoms with Gasteiger partial charge in [-0.25, -0.2) is 0 Å². The minimum atomic E-state index is -0.848. The molecule has 0 aliphatic carbocycles. The van der Waals surface area contributed by atoms with Gasteiger partial charge in [-0.15, -0.1) is 0 Å². The first kappa shape index (κ1) is 13.8. The van der Waals surface area contributed by atoms with Gasteiger partial charge in [-0.3, -0.25) is 4.57 Å². The maximum absolute atomic E-state index is 10.1. The van der Waals surface area contributed by atoms with Crippen molar-refractivity contribution in [3.63, 3.8) is 0 Å². The quantitative estimate of drug-likeness (QED) is 0.405. The van der Waals surface area contributed by atoms with Crippen molar-refractivity contribution in [3.8, 4) is 0 Å². The Balaban J connectivity index is 2.48. The third-order valence-electron chi connectivity index (χ3n) is 3.44. The molecule has 19 heavy (non-hydrogen) atoms. The summed E-state index contributed by atoms with van der Waals surface area (Å²) in [6, 6.07) is 1.53. The molecule has 1 aliphatic heterocycles. The van der Waals surface area contributed by atoms with E-state index >= 15 is 0 Å². The van der Waals surface area contributed by atoms with Crippen LogP contribution in [0.15, 0.2) is 17.4 Å². The zero-order valence-electron chi connectivity index (χ0n) is 10.8. The molecule has 1 saturated heterocycles. The van der Waals surface area contributed by atoms with Crippen LogP contribution in [0, 0.1) is 5.41 Å². The maximum Gasteiger partial charge on any atom is 0.270 e. The lowest BCUT2D eigenvalue weighted by Crippen LogP contribution is -2.38. The molecule has 1 aromatic rings. The van der Waals surface area contributed by atoms with Gasteiger partial charge in [0.05, 0.1) is 12.7 Å². The normalized spacial score (nSPS) is 30.7. The first-order valence-corrected chi connectivity index (χ1v) is 5.89. The zero-order valence-corrected chi connectivity index (χ0v) is 10.8. The molecule has 1 aromatic heterocycles. The third-order valence-corrected chi connectivity index (χ3v) is 3.44. The van der Waals surface area contributed by atoms with E-state index in [-0.39, 0.29) is 18.0 Å². The summed E-state index contributed by atoms with van der Waals surface area (Å²) in [5.74, 6) is 0.208. The smallest absolute Gasteiger partial charge is 0.270 e. The number of nitrogen functional groups attached to an aromatic ring is 1. The fourth-order valence-corrected chi connectivity index (χ4v) is 2.30. The average Bonchev–Trinajstić information content (AvgIpc) is 2.61. The van der Waals surface area contributed by atoms with Gasteiger partial charge in [-0.05, 0) is 11.2 Å². The average molecular weight is 270 g/mol. The van der Waals surface area contributed by atoms with E-state index in [0.29, 0.717) is 0 Å². The Labute approximate surface area is 109 Å². The summed E-state index contributed by atoms with van der Waals surface area (Å²) < 4.78 is 7.09. The SMILES string of the molecule is CC1(C)[C@H](O)[C@@H](CO)O[C@H]1n1ccc(N)n/c1=N\O. The number of nitrogens with zero attached hydrogens (tertiary/aromatic N) is 3. The van der Waals surface area contributed by atoms with Crippen LogP contribution in [-0.2, 0) is 4.74 Å². The standard InChI is InChI=1S/C11H18N4O4/c1-11(2)8(17)6(5-16)19-9(11)15-4-3-7(12)13-10(15)14-18/h3-4,6,8-9,16-18H,5H2,1-2H3,(H2,12,13,14)/t6-,8-,9-/m1/s1. The van der Waals surface area contributed by atoms with E-state index in [9.17, 15) is 10.2 Å². The maximum atomic E-state index is 10.1. The van der Waals surface area contributed by atoms with Crippen LogP contribution >= 0.6 is 0 Å². The molecule has 0 spiro atoms. The summed E-state index contributed by atoms with van der Waals surface area (Å²) in [7, 11) is 0. The van der Waals surface area contributed by atoms with Crippen LogP contribution in [0.3, 0.4) is 0 Å². The Morgan fingerprint density at radius 2 is 2.26 bits per heavy atom. The number of aliphatic hydroxyl groups excluding tert-OH is 2. The Hall–Kier alpha value is -1.64. The van der Waals surface area contributed by atoms with Gasteiger partial charge in [0, 0.05) is 11.6 Å². The molecule has 0 unspecified atom stereocenters. The molecule has 1 aliphatic rings. The van der Waals surface area contributed by atoms with Crippen LogP contribution in [0.2, 0.25) is 0 Å². The first-order chi connectivity index (χ1) is 8.91. The van der Waals surface area contributed by atoms with Gasteiger partial charge in [-0.1, -0.05) is 13.8 Å². The number of nitrogens with two attached hydrogens (primary N) is 1. The lowest BCUT2D eigenvalue weighted by atomic mass is 9.84. The highest BCUT2D eigenvalue weighted by atomic mass is 16.5. The van der Waals surface area contributed by atoms with Crippen LogP contribution in [0.4, 0.5) is 5.82 Å². The number of hydrogen-bond acceptors (Lipinski definition) is 7. The monoisotopic (exact) mass is 270 g/mol. The van der Waals surface area contributed by atoms with E-state index in [4.69, 9.17) is 15.7 Å². The molecule has 2 rings (SSSR count). The van der Waals surface area contributed by atoms with Crippen molar-refractivity contribution < 1.29 is 20.2 Å². The van der Waals surface area contributed by atoms with Crippen LogP contribution in [0.5, 0.6) is 0 Å². The number of anilines is 1. The molecule has 8 nitrogen and oxygen atoms in total. The summed E-state index contributed by atoms with van der Waals surface area (Å²) in [5.41, 5.74) is 4.81. The third kappa shape index (κ3) is 2.18. The molecule has 0 amide bonds. The van der Waals surface area contributed by atoms with E-state index in [1.54, 1.807) is 20.0 Å². The van der Waals surface area contributed by atoms with Crippen molar-refractivity contribution in [1.82, 2.24) is 9.55 Å². The molecule has 8 heteroatoms. The molecule has 3 atom stereocenters. The van der Waals surface area contributed by atoms with Gasteiger partial charge >= 0.3 is 0 Å². The molecule has 5 N–H and O–H groups in total. The lowest BCUT2D eigenvalue weighted by Gasteiger charge is -2.29. The topological polar surface area (TPSA) is 126 Å². The number of hydrogen-bond donors (Lipinski definition) is 4. The van der Waals surface area contributed by atoms with E-state index in [0.717, 1.165) is 0 Å². The molecular weight excluding hydrogens is 252 g/mol. The Kier molecular flexibility index (Phi) is 3.48. The Bertz CT molecular complexity index is 528. The molecule has 0 aromatic carbocycles. The highest BCUT2D eigenvalue weighted by Gasteiger charge is 2.50. The summed E-state index contributed by atoms with van der Waals surface area (Å²) >= 11 is 0. The molecule has 0 radical (unpaired) electrons. The second kappa shape index (κ2) is 4.80. The van der Waals surface area contributed by atoms with Gasteiger partial charge in [0.15, 0.2) is 0 Å². The van der Waals surface area contributed by atoms with Gasteiger partial charge in [-0.2, -0.15) is 4.98 Å². The zero-order chi connectivity index (χ0) is 14.2. The predicted octanol–water partition coefficient (Wildman–Crippen LogP) is -0.968. The Morgan fingerprint density at radius 1 is 1.58 bits per heavy atom. The lowest BCUT2D eigenvalue weighted by molar-refractivity contribution is -0.0540. The summed E-state index contributed by atoms with van der Waals surface area (Å²) in [5, 5.41) is 31.4. The number of ether oxygens (including phenoxy) is 1. The second-order valence-corrected chi connectivity index (χ2v) is 5.14. The minimum Gasteiger partial charge on any atom is -0.408 e. The van der Waals surface area contributed by atoms with Crippen molar-refractivity contribution in [3.05, 3.63) is 17.9 Å². The summed E-state index contributed by atoms with van der Waals surface area (Å²) in [6.45, 7) is 3.29. The fraction of sp³-hybridized carbons (Fsp3) is 0.636. The highest BCUT2D eigenvalue weighted by Crippen LogP contribution is 2.44. The van der Waals surface area contributed by atoms with Gasteiger partial charge in [0.25, 0.3) is 5.62 Å². The van der Waals surface area contributed by atoms with E-state index in [1.807, 2.05) is 0 Å². The molecule has 0 saturated carbocycles. The van der Waals surface area contributed by atoms with Gasteiger partial charge in [0.2, 0.25) is 0 Å². The van der Waals surface area contributed by atoms with E-state index < -0.39 is 23.9 Å². The van der Waals surface area contributed by atoms with Crippen molar-refractivity contribution >= 4 is 5.82 Å². The minimum absolute atomic E-state index is 0.0242. The van der Waals surface area contributed by atoms with Crippen LogP contribution in [0.1, 0.15) is 20.1 Å². The number of aromatic nitrogens is 2. The van der Waals surface area contributed by atoms with Gasteiger partial charge < -0.3 is 25.9 Å². The number of rotatable bonds is 2. The second-order valence-electron chi connectivity index (χ2n) is 5.14. The van der Waals surface area contributed by atoms with Crippen molar-refractivity contribution in [1.29, 1.82) is 0 Å². The van der Waals surface area contributed by atoms with E-state index in [2.05, 4.69) is 10.1 Å². The van der Waals surface area contributed by atoms with Crippen molar-refractivity contribution in [2.75, 3.05) is 12.3 Å². The molecule has 2 heterocycles. The Morgan fingerprint density at radius 3 is 2.79 bits per heavy atom. The molecular formula is C11H18N4O4. The van der Waals surface area contributed by atoms with Crippen molar-refractivity contribution in [2.45, 2.75) is 32.3 Å². The molecule has 106 valence electrons. The first-order valence-electron chi connectivity index (χ1n) is 5.89. The van der Waals surface area contributed by atoms with Crippen molar-refractivity contribution in [2.24, 2.45) is 10.6 Å². The highest BCUT2D eigenvalue weighted by molar-refractivity contribution is 5.23. The predicted molar refractivity (Wildman–Crippen MR) is 64.8 cm³/mol. The van der Waals surface area contributed by atoms with Crippen LogP contribution < -0.4 is 11.4 Å². The molecule has 1 fully saturated rings. The van der Waals surface area contributed by atoms with Gasteiger partial charge in [0.1, 0.15) is 18.1 Å². The molecule has 0 bridgehead atoms. The summed E-state index contributed by atoms with van der Waals surface area (Å²) in [6.07, 6.45) is -0.606. The van der Waals surface area contributed by atoms with Crippen LogP contribution in [0.25, 0.3) is 0 Å². The van der Waals surface area contributed by atoms with E-state index in [1.165, 1.54) is 10.6 Å².